The topological polar surface area (TPSA) is 160 Å². The zero-order chi connectivity index (χ0) is 29.0. The van der Waals surface area contributed by atoms with Gasteiger partial charge in [-0.1, -0.05) is 36.4 Å². The summed E-state index contributed by atoms with van der Waals surface area (Å²) in [6, 6.07) is 10.8. The number of alkyl carbamates (subject to hydrolysis) is 1. The number of nitrogens with one attached hydrogen (secondary N) is 3. The molecule has 0 aliphatic heterocycles. The predicted octanol–water partition coefficient (Wildman–Crippen LogP) is 3.14. The molecule has 2 aromatic carbocycles. The Hall–Kier alpha value is -4.48. The molecule has 11 nitrogen and oxygen atoms in total. The molecule has 3 amide bonds. The number of rotatable bonds is 12. The summed E-state index contributed by atoms with van der Waals surface area (Å²) in [6.07, 6.45) is -2.40. The third kappa shape index (κ3) is 12.1. The summed E-state index contributed by atoms with van der Waals surface area (Å²) in [6.45, 7) is 4.77. The maximum atomic E-state index is 13.5. The Balaban J connectivity index is 2.17. The normalized spacial score (nSPS) is 12.4. The fourth-order valence-corrected chi connectivity index (χ4v) is 3.27. The highest BCUT2D eigenvalue weighted by Crippen LogP contribution is 2.13. The van der Waals surface area contributed by atoms with Crippen molar-refractivity contribution in [3.8, 4) is 0 Å². The summed E-state index contributed by atoms with van der Waals surface area (Å²) in [4.78, 5) is 62.0. The van der Waals surface area contributed by atoms with E-state index in [1.165, 1.54) is 18.2 Å². The number of ether oxygens (including phenoxy) is 2. The van der Waals surface area contributed by atoms with E-state index >= 15 is 0 Å². The number of benzene rings is 2. The van der Waals surface area contributed by atoms with Crippen LogP contribution in [0.25, 0.3) is 0 Å². The highest BCUT2D eigenvalue weighted by molar-refractivity contribution is 5.99. The van der Waals surface area contributed by atoms with Crippen molar-refractivity contribution in [3.63, 3.8) is 0 Å². The van der Waals surface area contributed by atoms with Gasteiger partial charge in [-0.3, -0.25) is 19.2 Å². The number of anilines is 1. The molecule has 2 aromatic rings. The van der Waals surface area contributed by atoms with Crippen molar-refractivity contribution in [2.75, 3.05) is 5.32 Å². The van der Waals surface area contributed by atoms with Crippen LogP contribution >= 0.6 is 0 Å². The summed E-state index contributed by atoms with van der Waals surface area (Å²) < 4.78 is 23.9. The van der Waals surface area contributed by atoms with Gasteiger partial charge in [0.25, 0.3) is 0 Å². The van der Waals surface area contributed by atoms with E-state index in [4.69, 9.17) is 14.6 Å². The van der Waals surface area contributed by atoms with E-state index in [0.29, 0.717) is 5.56 Å². The van der Waals surface area contributed by atoms with Crippen LogP contribution < -0.4 is 16.0 Å². The smallest absolute Gasteiger partial charge is 0.408 e. The molecule has 0 saturated carbocycles. The summed E-state index contributed by atoms with van der Waals surface area (Å²) in [5, 5.41) is 16.2. The first-order valence-corrected chi connectivity index (χ1v) is 12.1. The molecule has 0 saturated heterocycles. The van der Waals surface area contributed by atoms with Gasteiger partial charge in [0, 0.05) is 12.1 Å². The van der Waals surface area contributed by atoms with E-state index in [-0.39, 0.29) is 18.7 Å². The highest BCUT2D eigenvalue weighted by atomic mass is 19.1. The lowest BCUT2D eigenvalue weighted by molar-refractivity contribution is -0.156. The minimum atomic E-state index is -1.52. The van der Waals surface area contributed by atoms with Crippen molar-refractivity contribution in [1.82, 2.24) is 10.6 Å². The monoisotopic (exact) mass is 545 g/mol. The van der Waals surface area contributed by atoms with Crippen LogP contribution in [0.4, 0.5) is 14.9 Å². The van der Waals surface area contributed by atoms with E-state index in [0.717, 1.165) is 6.07 Å². The molecule has 2 rings (SSSR count). The van der Waals surface area contributed by atoms with Crippen LogP contribution in [-0.2, 0) is 35.3 Å². The van der Waals surface area contributed by atoms with Gasteiger partial charge in [-0.05, 0) is 51.0 Å². The van der Waals surface area contributed by atoms with Crippen molar-refractivity contribution >= 4 is 35.5 Å². The van der Waals surface area contributed by atoms with Gasteiger partial charge in [0.2, 0.25) is 11.8 Å². The Labute approximate surface area is 225 Å². The van der Waals surface area contributed by atoms with E-state index < -0.39 is 66.2 Å². The van der Waals surface area contributed by atoms with Crippen LogP contribution in [0.3, 0.4) is 0 Å². The standard InChI is InChI=1S/C27H32FN3O8/c1-27(2,3)39-23(34)15-21(31-26(37)38-16-17-8-5-4-6-9-17)25(36)30-20(12-13-22(32)33)24(35)29-19-11-7-10-18(28)14-19/h4-11,14,20-21H,12-13,15-16H2,1-3H3,(H,29,35)(H,30,36)(H,31,37)(H,32,33)/t20-,21-/m0/s1. The van der Waals surface area contributed by atoms with E-state index in [9.17, 15) is 28.4 Å². The largest absolute Gasteiger partial charge is 0.481 e. The van der Waals surface area contributed by atoms with E-state index in [1.807, 2.05) is 0 Å². The third-order valence-electron chi connectivity index (χ3n) is 4.98. The van der Waals surface area contributed by atoms with Crippen molar-refractivity contribution < 1.29 is 42.9 Å². The quantitative estimate of drug-likeness (QED) is 0.296. The highest BCUT2D eigenvalue weighted by Gasteiger charge is 2.31. The number of amides is 3. The van der Waals surface area contributed by atoms with E-state index in [2.05, 4.69) is 16.0 Å². The molecule has 0 aliphatic rings. The second kappa shape index (κ2) is 14.5. The molecule has 0 radical (unpaired) electrons. The van der Waals surface area contributed by atoms with Gasteiger partial charge in [0.05, 0.1) is 6.42 Å². The van der Waals surface area contributed by atoms with Gasteiger partial charge in [-0.25, -0.2) is 9.18 Å². The predicted molar refractivity (Wildman–Crippen MR) is 138 cm³/mol. The van der Waals surface area contributed by atoms with Gasteiger partial charge in [-0.2, -0.15) is 0 Å². The lowest BCUT2D eigenvalue weighted by Gasteiger charge is -2.24. The molecule has 0 unspecified atom stereocenters. The molecular weight excluding hydrogens is 513 g/mol. The number of carbonyl (C=O) groups is 5. The Morgan fingerprint density at radius 1 is 0.923 bits per heavy atom. The Morgan fingerprint density at radius 2 is 1.62 bits per heavy atom. The van der Waals surface area contributed by atoms with Crippen LogP contribution in [0.1, 0.15) is 45.6 Å². The van der Waals surface area contributed by atoms with Crippen LogP contribution in [0.2, 0.25) is 0 Å². The van der Waals surface area contributed by atoms with Crippen LogP contribution in [0, 0.1) is 5.82 Å². The zero-order valence-electron chi connectivity index (χ0n) is 21.9. The lowest BCUT2D eigenvalue weighted by Crippen LogP contribution is -2.53. The fourth-order valence-electron chi connectivity index (χ4n) is 3.27. The van der Waals surface area contributed by atoms with Crippen LogP contribution in [0.15, 0.2) is 54.6 Å². The number of esters is 1. The van der Waals surface area contributed by atoms with Gasteiger partial charge >= 0.3 is 18.0 Å². The minimum Gasteiger partial charge on any atom is -0.481 e. The van der Waals surface area contributed by atoms with Crippen LogP contribution in [-0.4, -0.2) is 52.6 Å². The third-order valence-corrected chi connectivity index (χ3v) is 4.98. The molecule has 0 aliphatic carbocycles. The SMILES string of the molecule is CC(C)(C)OC(=O)C[C@H](NC(=O)OCc1ccccc1)C(=O)N[C@@H](CCC(=O)O)C(=O)Nc1cccc(F)c1. The maximum absolute atomic E-state index is 13.5. The van der Waals surface area contributed by atoms with Gasteiger partial charge in [0.15, 0.2) is 0 Å². The molecule has 0 aromatic heterocycles. The average molecular weight is 546 g/mol. The molecule has 2 atom stereocenters. The molecule has 12 heteroatoms. The zero-order valence-corrected chi connectivity index (χ0v) is 21.9. The molecule has 0 heterocycles. The summed E-state index contributed by atoms with van der Waals surface area (Å²) in [5.74, 6) is -4.42. The Morgan fingerprint density at radius 3 is 2.23 bits per heavy atom. The van der Waals surface area contributed by atoms with Gasteiger partial charge < -0.3 is 30.5 Å². The van der Waals surface area contributed by atoms with Crippen LogP contribution in [0.5, 0.6) is 0 Å². The first kappa shape index (κ1) is 30.7. The number of hydrogen-bond donors (Lipinski definition) is 4. The molecule has 4 N–H and O–H groups in total. The Kier molecular flexibility index (Phi) is 11.4. The van der Waals surface area contributed by atoms with E-state index in [1.54, 1.807) is 51.1 Å². The number of carboxylic acids is 1. The number of hydrogen-bond acceptors (Lipinski definition) is 7. The maximum Gasteiger partial charge on any atom is 0.408 e. The minimum absolute atomic E-state index is 0.0856. The first-order chi connectivity index (χ1) is 18.3. The number of carbonyl (C=O) groups excluding carboxylic acids is 4. The summed E-state index contributed by atoms with van der Waals surface area (Å²) >= 11 is 0. The summed E-state index contributed by atoms with van der Waals surface area (Å²) in [5.41, 5.74) is -0.105. The average Bonchev–Trinajstić information content (AvgIpc) is 2.84. The number of halogens is 1. The van der Waals surface area contributed by atoms with Crippen molar-refractivity contribution in [3.05, 3.63) is 66.0 Å². The number of aliphatic carboxylic acids is 1. The van der Waals surface area contributed by atoms with Gasteiger partial charge in [0.1, 0.15) is 30.1 Å². The first-order valence-electron chi connectivity index (χ1n) is 12.1. The van der Waals surface area contributed by atoms with Crippen molar-refractivity contribution in [2.45, 2.75) is 64.3 Å². The Bertz CT molecular complexity index is 1170. The van der Waals surface area contributed by atoms with Gasteiger partial charge in [-0.15, -0.1) is 0 Å². The molecule has 0 bridgehead atoms. The fraction of sp³-hybridized carbons (Fsp3) is 0.370. The molecule has 0 fully saturated rings. The summed E-state index contributed by atoms with van der Waals surface area (Å²) in [7, 11) is 0. The molecule has 210 valence electrons. The van der Waals surface area contributed by atoms with Crippen molar-refractivity contribution in [1.29, 1.82) is 0 Å². The second-order valence-electron chi connectivity index (χ2n) is 9.54. The van der Waals surface area contributed by atoms with Crippen molar-refractivity contribution in [2.24, 2.45) is 0 Å². The second-order valence-corrected chi connectivity index (χ2v) is 9.54. The molecule has 39 heavy (non-hydrogen) atoms. The lowest BCUT2D eigenvalue weighted by atomic mass is 10.1. The molecular formula is C27H32FN3O8. The number of carboxylic acid groups (broad SMARTS) is 1. The molecule has 0 spiro atoms.